The second-order valence-corrected chi connectivity index (χ2v) is 6.00. The van der Waals surface area contributed by atoms with E-state index >= 15 is 0 Å². The first-order valence-electron chi connectivity index (χ1n) is 8.00. The lowest BCUT2D eigenvalue weighted by molar-refractivity contribution is 0.155. The van der Waals surface area contributed by atoms with Gasteiger partial charge in [0.2, 0.25) is 0 Å². The van der Waals surface area contributed by atoms with E-state index in [1.54, 1.807) is 0 Å². The molecule has 2 saturated heterocycles. The zero-order valence-electron chi connectivity index (χ0n) is 12.5. The highest BCUT2D eigenvalue weighted by Gasteiger charge is 2.25. The third-order valence-corrected chi connectivity index (χ3v) is 4.84. The summed E-state index contributed by atoms with van der Waals surface area (Å²) in [5.74, 6) is 0.830. The first kappa shape index (κ1) is 14.6. The van der Waals surface area contributed by atoms with E-state index < -0.39 is 0 Å². The summed E-state index contributed by atoms with van der Waals surface area (Å²) in [6, 6.07) is 0.559. The van der Waals surface area contributed by atoms with E-state index in [4.69, 9.17) is 0 Å². The molecule has 19 heavy (non-hydrogen) atoms. The summed E-state index contributed by atoms with van der Waals surface area (Å²) >= 11 is 0. The molecule has 0 radical (unpaired) electrons. The average Bonchev–Trinajstić information content (AvgIpc) is 2.48. The molecular formula is C15H29N3O. The third kappa shape index (κ3) is 4.10. The molecule has 0 unspecified atom stereocenters. The van der Waals surface area contributed by atoms with Gasteiger partial charge in [0.15, 0.2) is 0 Å². The molecule has 4 heteroatoms. The molecule has 0 aliphatic carbocycles. The van der Waals surface area contributed by atoms with Crippen LogP contribution >= 0.6 is 0 Å². The van der Waals surface area contributed by atoms with Gasteiger partial charge in [0.1, 0.15) is 0 Å². The maximum atomic E-state index is 12.2. The van der Waals surface area contributed by atoms with Gasteiger partial charge in [0.05, 0.1) is 0 Å². The monoisotopic (exact) mass is 267 g/mol. The Morgan fingerprint density at radius 1 is 1.05 bits per heavy atom. The molecule has 4 nitrogen and oxygen atoms in total. The van der Waals surface area contributed by atoms with Gasteiger partial charge in [-0.2, -0.15) is 0 Å². The van der Waals surface area contributed by atoms with Crippen molar-refractivity contribution in [3.8, 4) is 0 Å². The minimum absolute atomic E-state index is 0.171. The van der Waals surface area contributed by atoms with Crippen molar-refractivity contribution in [3.63, 3.8) is 0 Å². The van der Waals surface area contributed by atoms with E-state index in [1.807, 2.05) is 4.90 Å². The predicted molar refractivity (Wildman–Crippen MR) is 78.3 cm³/mol. The number of likely N-dealkylation sites (tertiary alicyclic amines) is 2. The van der Waals surface area contributed by atoms with Crippen molar-refractivity contribution in [2.24, 2.45) is 5.92 Å². The summed E-state index contributed by atoms with van der Waals surface area (Å²) in [7, 11) is 0. The molecule has 0 aromatic rings. The van der Waals surface area contributed by atoms with Crippen molar-refractivity contribution in [1.82, 2.24) is 15.1 Å². The minimum Gasteiger partial charge on any atom is -0.335 e. The number of nitrogens with zero attached hydrogens (tertiary/aromatic N) is 2. The average molecular weight is 267 g/mol. The number of hydrogen-bond acceptors (Lipinski definition) is 2. The van der Waals surface area contributed by atoms with E-state index in [2.05, 4.69) is 24.1 Å². The molecule has 2 fully saturated rings. The van der Waals surface area contributed by atoms with Crippen molar-refractivity contribution >= 4 is 6.03 Å². The molecule has 1 N–H and O–H groups in total. The fourth-order valence-electron chi connectivity index (χ4n) is 3.20. The quantitative estimate of drug-likeness (QED) is 0.851. The van der Waals surface area contributed by atoms with Crippen molar-refractivity contribution in [3.05, 3.63) is 0 Å². The van der Waals surface area contributed by atoms with Gasteiger partial charge >= 0.3 is 6.03 Å². The van der Waals surface area contributed by atoms with Gasteiger partial charge < -0.3 is 15.1 Å². The fourth-order valence-corrected chi connectivity index (χ4v) is 3.20. The van der Waals surface area contributed by atoms with Gasteiger partial charge in [0.25, 0.3) is 0 Å². The third-order valence-electron chi connectivity index (χ3n) is 4.84. The van der Waals surface area contributed by atoms with Gasteiger partial charge in [-0.05, 0) is 38.1 Å². The topological polar surface area (TPSA) is 35.6 Å². The summed E-state index contributed by atoms with van der Waals surface area (Å²) in [6.45, 7) is 9.72. The zero-order chi connectivity index (χ0) is 13.7. The van der Waals surface area contributed by atoms with Crippen LogP contribution in [0.25, 0.3) is 0 Å². The van der Waals surface area contributed by atoms with Crippen LogP contribution in [0.5, 0.6) is 0 Å². The van der Waals surface area contributed by atoms with Crippen LogP contribution in [0, 0.1) is 5.92 Å². The Labute approximate surface area is 117 Å². The Kier molecular flexibility index (Phi) is 5.49. The Bertz CT molecular complexity index is 279. The van der Waals surface area contributed by atoms with Crippen molar-refractivity contribution < 1.29 is 4.79 Å². The standard InChI is InChI=1S/C15H29N3O/c1-3-13-5-11-18(12-6-13)15(19)16-14-7-9-17(4-2)10-8-14/h13-14H,3-12H2,1-2H3,(H,16,19). The number of urea groups is 1. The van der Waals surface area contributed by atoms with E-state index in [0.717, 1.165) is 51.5 Å². The molecular weight excluding hydrogens is 238 g/mol. The highest BCUT2D eigenvalue weighted by molar-refractivity contribution is 5.74. The SMILES string of the molecule is CCC1CCN(C(=O)NC2CCN(CC)CC2)CC1. The maximum Gasteiger partial charge on any atom is 0.317 e. The molecule has 2 aliphatic heterocycles. The number of nitrogens with one attached hydrogen (secondary N) is 1. The maximum absolute atomic E-state index is 12.2. The van der Waals surface area contributed by atoms with Crippen LogP contribution in [-0.4, -0.2) is 54.6 Å². The molecule has 2 heterocycles. The molecule has 0 aromatic carbocycles. The van der Waals surface area contributed by atoms with Crippen LogP contribution in [0.4, 0.5) is 4.79 Å². The van der Waals surface area contributed by atoms with E-state index in [0.29, 0.717) is 6.04 Å². The van der Waals surface area contributed by atoms with Crippen LogP contribution in [0.1, 0.15) is 46.0 Å². The summed E-state index contributed by atoms with van der Waals surface area (Å²) in [4.78, 5) is 16.7. The number of hydrogen-bond donors (Lipinski definition) is 1. The van der Waals surface area contributed by atoms with Crippen LogP contribution in [0.3, 0.4) is 0 Å². The van der Waals surface area contributed by atoms with Crippen LogP contribution < -0.4 is 5.32 Å². The smallest absolute Gasteiger partial charge is 0.317 e. The van der Waals surface area contributed by atoms with Gasteiger partial charge in [-0.25, -0.2) is 4.79 Å². The second kappa shape index (κ2) is 7.13. The molecule has 0 spiro atoms. The Morgan fingerprint density at radius 2 is 1.68 bits per heavy atom. The lowest BCUT2D eigenvalue weighted by Crippen LogP contribution is -2.50. The largest absolute Gasteiger partial charge is 0.335 e. The number of carbonyl (C=O) groups is 1. The summed E-state index contributed by atoms with van der Waals surface area (Å²) in [5, 5.41) is 3.23. The minimum atomic E-state index is 0.171. The molecule has 2 aliphatic rings. The number of carbonyl (C=O) groups excluding carboxylic acids is 1. The number of rotatable bonds is 3. The molecule has 2 rings (SSSR count). The van der Waals surface area contributed by atoms with E-state index in [1.165, 1.54) is 19.3 Å². The summed E-state index contributed by atoms with van der Waals surface area (Å²) < 4.78 is 0. The molecule has 0 saturated carbocycles. The van der Waals surface area contributed by atoms with Crippen LogP contribution in [0.15, 0.2) is 0 Å². The van der Waals surface area contributed by atoms with Gasteiger partial charge in [0, 0.05) is 32.2 Å². The molecule has 0 atom stereocenters. The second-order valence-electron chi connectivity index (χ2n) is 6.00. The number of piperidine rings is 2. The lowest BCUT2D eigenvalue weighted by atomic mass is 9.95. The summed E-state index contributed by atoms with van der Waals surface area (Å²) in [5.41, 5.74) is 0. The zero-order valence-corrected chi connectivity index (χ0v) is 12.5. The van der Waals surface area contributed by atoms with Crippen molar-refractivity contribution in [2.75, 3.05) is 32.7 Å². The van der Waals surface area contributed by atoms with Crippen LogP contribution in [-0.2, 0) is 0 Å². The molecule has 110 valence electrons. The lowest BCUT2D eigenvalue weighted by Gasteiger charge is -2.35. The molecule has 0 bridgehead atoms. The normalized spacial score (nSPS) is 23.6. The molecule has 0 aromatic heterocycles. The van der Waals surface area contributed by atoms with Crippen molar-refractivity contribution in [2.45, 2.75) is 52.0 Å². The Morgan fingerprint density at radius 3 is 2.21 bits per heavy atom. The highest BCUT2D eigenvalue weighted by atomic mass is 16.2. The van der Waals surface area contributed by atoms with E-state index in [-0.39, 0.29) is 6.03 Å². The first-order valence-corrected chi connectivity index (χ1v) is 8.00. The van der Waals surface area contributed by atoms with Gasteiger partial charge in [-0.3, -0.25) is 0 Å². The molecule has 2 amide bonds. The van der Waals surface area contributed by atoms with Crippen molar-refractivity contribution in [1.29, 1.82) is 0 Å². The van der Waals surface area contributed by atoms with E-state index in [9.17, 15) is 4.79 Å². The van der Waals surface area contributed by atoms with Gasteiger partial charge in [-0.1, -0.05) is 20.3 Å². The Balaban J connectivity index is 1.70. The fraction of sp³-hybridized carbons (Fsp3) is 0.933. The van der Waals surface area contributed by atoms with Crippen LogP contribution in [0.2, 0.25) is 0 Å². The first-order chi connectivity index (χ1) is 9.22. The number of amides is 2. The summed E-state index contributed by atoms with van der Waals surface area (Å²) in [6.07, 6.45) is 5.82. The highest BCUT2D eigenvalue weighted by Crippen LogP contribution is 2.20. The Hall–Kier alpha value is -0.770. The predicted octanol–water partition coefficient (Wildman–Crippen LogP) is 2.30. The van der Waals surface area contributed by atoms with Gasteiger partial charge in [-0.15, -0.1) is 0 Å².